The van der Waals surface area contributed by atoms with E-state index < -0.39 is 5.91 Å². The minimum Gasteiger partial charge on any atom is -0.506 e. The zero-order valence-corrected chi connectivity index (χ0v) is 19.6. The first-order valence-electron chi connectivity index (χ1n) is 10.9. The Morgan fingerprint density at radius 1 is 0.829 bits per heavy atom. The molecule has 0 aliphatic rings. The van der Waals surface area contributed by atoms with Crippen LogP contribution in [0.2, 0.25) is 5.02 Å². The second-order valence-corrected chi connectivity index (χ2v) is 8.26. The number of nitrogens with one attached hydrogen (secondary N) is 2. The summed E-state index contributed by atoms with van der Waals surface area (Å²) in [4.78, 5) is 26.2. The molecular weight excluding hydrogens is 464 g/mol. The monoisotopic (exact) mass is 486 g/mol. The first kappa shape index (κ1) is 23.9. The van der Waals surface area contributed by atoms with E-state index >= 15 is 0 Å². The molecule has 0 fully saturated rings. The first-order valence-corrected chi connectivity index (χ1v) is 11.3. The van der Waals surface area contributed by atoms with E-state index in [2.05, 4.69) is 10.6 Å². The third kappa shape index (κ3) is 5.99. The van der Waals surface area contributed by atoms with E-state index in [4.69, 9.17) is 16.3 Å². The van der Waals surface area contributed by atoms with Crippen molar-refractivity contribution in [1.82, 2.24) is 5.32 Å². The van der Waals surface area contributed by atoms with Gasteiger partial charge >= 0.3 is 0 Å². The van der Waals surface area contributed by atoms with Gasteiger partial charge < -0.3 is 20.5 Å². The van der Waals surface area contributed by atoms with Gasteiger partial charge in [-0.15, -0.1) is 0 Å². The van der Waals surface area contributed by atoms with E-state index in [9.17, 15) is 14.7 Å². The van der Waals surface area contributed by atoms with Gasteiger partial charge in [-0.3, -0.25) is 9.59 Å². The third-order valence-corrected chi connectivity index (χ3v) is 5.62. The Kier molecular flexibility index (Phi) is 7.33. The van der Waals surface area contributed by atoms with E-state index in [1.807, 2.05) is 67.6 Å². The molecule has 0 aromatic heterocycles. The number of phenols is 1. The van der Waals surface area contributed by atoms with Gasteiger partial charge in [0.1, 0.15) is 17.2 Å². The molecule has 7 heteroatoms. The van der Waals surface area contributed by atoms with Gasteiger partial charge in [0.15, 0.2) is 0 Å². The number of hydrogen-bond donors (Lipinski definition) is 3. The van der Waals surface area contributed by atoms with Gasteiger partial charge in [-0.05, 0) is 61.0 Å². The molecule has 0 aliphatic carbocycles. The smallest absolute Gasteiger partial charge is 0.255 e. The van der Waals surface area contributed by atoms with Crippen molar-refractivity contribution >= 4 is 29.1 Å². The first-order chi connectivity index (χ1) is 16.9. The molecule has 0 radical (unpaired) electrons. The standard InChI is InChI=1S/C28H23ClN2O4/c1-18(19-8-4-2-5-9-19)30-28(34)23-17-22(35-21-10-6-3-7-11-21)13-14-25(23)31-27(33)20-12-15-26(32)24(29)16-20/h2-18,32H,1H3,(H,30,34)(H,31,33). The molecule has 1 atom stereocenters. The summed E-state index contributed by atoms with van der Waals surface area (Å²) in [6.45, 7) is 1.88. The summed E-state index contributed by atoms with van der Waals surface area (Å²) in [5.41, 5.74) is 1.72. The quantitative estimate of drug-likeness (QED) is 0.275. The number of ether oxygens (including phenoxy) is 1. The molecule has 0 saturated carbocycles. The Labute approximate surface area is 208 Å². The van der Waals surface area contributed by atoms with Crippen molar-refractivity contribution in [3.8, 4) is 17.2 Å². The fourth-order valence-corrected chi connectivity index (χ4v) is 3.63. The third-order valence-electron chi connectivity index (χ3n) is 5.32. The molecule has 4 aromatic rings. The van der Waals surface area contributed by atoms with Crippen molar-refractivity contribution < 1.29 is 19.4 Å². The highest BCUT2D eigenvalue weighted by molar-refractivity contribution is 6.32. The highest BCUT2D eigenvalue weighted by Gasteiger charge is 2.19. The van der Waals surface area contributed by atoms with Crippen LogP contribution in [0.5, 0.6) is 17.2 Å². The number of halogens is 1. The summed E-state index contributed by atoms with van der Waals surface area (Å²) in [6, 6.07) is 27.5. The number of carbonyl (C=O) groups is 2. The van der Waals surface area contributed by atoms with Crippen LogP contribution in [0.4, 0.5) is 5.69 Å². The van der Waals surface area contributed by atoms with Crippen molar-refractivity contribution in [1.29, 1.82) is 0 Å². The maximum atomic E-state index is 13.3. The lowest BCUT2D eigenvalue weighted by molar-refractivity contribution is 0.0940. The largest absolute Gasteiger partial charge is 0.506 e. The number of hydrogen-bond acceptors (Lipinski definition) is 4. The van der Waals surface area contributed by atoms with Gasteiger partial charge in [0.25, 0.3) is 11.8 Å². The van der Waals surface area contributed by atoms with Crippen molar-refractivity contribution in [2.75, 3.05) is 5.32 Å². The summed E-state index contributed by atoms with van der Waals surface area (Å²) < 4.78 is 5.89. The Hall–Kier alpha value is -4.29. The molecule has 3 N–H and O–H groups in total. The number of rotatable bonds is 7. The van der Waals surface area contributed by atoms with Crippen molar-refractivity contribution in [2.45, 2.75) is 13.0 Å². The number of carbonyl (C=O) groups excluding carboxylic acids is 2. The fraction of sp³-hybridized carbons (Fsp3) is 0.0714. The topological polar surface area (TPSA) is 87.7 Å². The van der Waals surface area contributed by atoms with Crippen LogP contribution in [-0.2, 0) is 0 Å². The maximum Gasteiger partial charge on any atom is 0.255 e. The van der Waals surface area contributed by atoms with E-state index in [0.717, 1.165) is 5.56 Å². The molecule has 2 amide bonds. The molecule has 0 saturated heterocycles. The van der Waals surface area contributed by atoms with Crippen LogP contribution < -0.4 is 15.4 Å². The molecule has 0 spiro atoms. The van der Waals surface area contributed by atoms with E-state index in [-0.39, 0.29) is 33.8 Å². The van der Waals surface area contributed by atoms with Gasteiger partial charge in [-0.1, -0.05) is 60.1 Å². The van der Waals surface area contributed by atoms with Crippen molar-refractivity contribution in [2.24, 2.45) is 0 Å². The van der Waals surface area contributed by atoms with Crippen LogP contribution in [0.15, 0.2) is 97.1 Å². The van der Waals surface area contributed by atoms with Crippen molar-refractivity contribution in [3.63, 3.8) is 0 Å². The molecule has 176 valence electrons. The summed E-state index contributed by atoms with van der Waals surface area (Å²) in [6.07, 6.45) is 0. The van der Waals surface area contributed by atoms with Crippen LogP contribution in [0, 0.1) is 0 Å². The molecule has 0 bridgehead atoms. The number of aromatic hydroxyl groups is 1. The highest BCUT2D eigenvalue weighted by atomic mass is 35.5. The van der Waals surface area contributed by atoms with Gasteiger partial charge in [0.2, 0.25) is 0 Å². The lowest BCUT2D eigenvalue weighted by Gasteiger charge is -2.17. The van der Waals surface area contributed by atoms with Gasteiger partial charge in [-0.25, -0.2) is 0 Å². The summed E-state index contributed by atoms with van der Waals surface area (Å²) >= 11 is 5.95. The maximum absolute atomic E-state index is 13.3. The van der Waals surface area contributed by atoms with Gasteiger partial charge in [0.05, 0.1) is 22.3 Å². The van der Waals surface area contributed by atoms with E-state index in [0.29, 0.717) is 17.2 Å². The van der Waals surface area contributed by atoms with Gasteiger partial charge in [-0.2, -0.15) is 0 Å². The predicted molar refractivity (Wildman–Crippen MR) is 136 cm³/mol. The number of anilines is 1. The Bertz CT molecular complexity index is 1340. The molecule has 0 heterocycles. The Morgan fingerprint density at radius 2 is 1.51 bits per heavy atom. The number of para-hydroxylation sites is 1. The minimum absolute atomic E-state index is 0.0545. The fourth-order valence-electron chi connectivity index (χ4n) is 3.45. The lowest BCUT2D eigenvalue weighted by atomic mass is 10.1. The zero-order valence-electron chi connectivity index (χ0n) is 18.9. The average Bonchev–Trinajstić information content (AvgIpc) is 2.87. The van der Waals surface area contributed by atoms with Crippen LogP contribution in [0.1, 0.15) is 39.2 Å². The number of benzene rings is 4. The van der Waals surface area contributed by atoms with E-state index in [1.165, 1.54) is 18.2 Å². The van der Waals surface area contributed by atoms with Crippen molar-refractivity contribution in [3.05, 3.63) is 119 Å². The molecule has 0 aliphatic heterocycles. The summed E-state index contributed by atoms with van der Waals surface area (Å²) in [7, 11) is 0. The second-order valence-electron chi connectivity index (χ2n) is 7.85. The summed E-state index contributed by atoms with van der Waals surface area (Å²) in [5, 5.41) is 15.4. The minimum atomic E-state index is -0.478. The molecule has 1 unspecified atom stereocenters. The van der Waals surface area contributed by atoms with Crippen LogP contribution in [0.25, 0.3) is 0 Å². The summed E-state index contributed by atoms with van der Waals surface area (Å²) in [5.74, 6) is 0.0831. The predicted octanol–water partition coefficient (Wildman–Crippen LogP) is 6.58. The van der Waals surface area contributed by atoms with E-state index in [1.54, 1.807) is 18.2 Å². The van der Waals surface area contributed by atoms with Crippen LogP contribution in [-0.4, -0.2) is 16.9 Å². The molecule has 4 aromatic carbocycles. The highest BCUT2D eigenvalue weighted by Crippen LogP contribution is 2.29. The molecule has 6 nitrogen and oxygen atoms in total. The number of phenolic OH excluding ortho intramolecular Hbond substituents is 1. The average molecular weight is 487 g/mol. The van der Waals surface area contributed by atoms with Crippen LogP contribution >= 0.6 is 11.6 Å². The second kappa shape index (κ2) is 10.8. The Morgan fingerprint density at radius 3 is 2.20 bits per heavy atom. The van der Waals surface area contributed by atoms with Crippen LogP contribution in [0.3, 0.4) is 0 Å². The lowest BCUT2D eigenvalue weighted by Crippen LogP contribution is -2.28. The molecule has 35 heavy (non-hydrogen) atoms. The zero-order chi connectivity index (χ0) is 24.8. The molecular formula is C28H23ClN2O4. The Balaban J connectivity index is 1.63. The normalized spacial score (nSPS) is 11.4. The molecule has 4 rings (SSSR count). The number of amides is 2. The SMILES string of the molecule is CC(NC(=O)c1cc(Oc2ccccc2)ccc1NC(=O)c1ccc(O)c(Cl)c1)c1ccccc1. The van der Waals surface area contributed by atoms with Gasteiger partial charge in [0, 0.05) is 5.56 Å².